The summed E-state index contributed by atoms with van der Waals surface area (Å²) in [5.41, 5.74) is 0.723. The van der Waals surface area contributed by atoms with Gasteiger partial charge in [0.25, 0.3) is 0 Å². The monoisotopic (exact) mass is 319 g/mol. The summed E-state index contributed by atoms with van der Waals surface area (Å²) in [6.45, 7) is 4.97. The van der Waals surface area contributed by atoms with Crippen molar-refractivity contribution in [2.75, 3.05) is 12.3 Å². The Balaban J connectivity index is 1.85. The van der Waals surface area contributed by atoms with Gasteiger partial charge in [0.05, 0.1) is 16.3 Å². The first kappa shape index (κ1) is 16.3. The van der Waals surface area contributed by atoms with Gasteiger partial charge in [-0.25, -0.2) is 4.98 Å². The maximum atomic E-state index is 9.39. The molecular weight excluding hydrogens is 298 g/mol. The number of hydrogen-bond acceptors (Lipinski definition) is 5. The van der Waals surface area contributed by atoms with E-state index in [0.29, 0.717) is 0 Å². The average molecular weight is 319 g/mol. The molecule has 1 unspecified atom stereocenters. The molecule has 3 nitrogen and oxygen atoms in total. The molecule has 2 aromatic rings. The molecule has 0 fully saturated rings. The molecule has 1 N–H and O–H groups in total. The minimum Gasteiger partial charge on any atom is -0.300 e. The Morgan fingerprint density at radius 3 is 2.86 bits per heavy atom. The number of para-hydroxylation sites is 1. The van der Waals surface area contributed by atoms with Crippen molar-refractivity contribution in [3.63, 3.8) is 0 Å². The van der Waals surface area contributed by atoms with E-state index in [1.165, 1.54) is 4.70 Å². The summed E-state index contributed by atoms with van der Waals surface area (Å²) in [7, 11) is 0. The lowest BCUT2D eigenvalue weighted by Crippen LogP contribution is -2.43. The van der Waals surface area contributed by atoms with Crippen molar-refractivity contribution >= 4 is 33.3 Å². The smallest absolute Gasteiger partial charge is 0.151 e. The third kappa shape index (κ3) is 4.19. The lowest BCUT2D eigenvalue weighted by atomic mass is 9.92. The van der Waals surface area contributed by atoms with Crippen LogP contribution in [0.5, 0.6) is 0 Å². The van der Waals surface area contributed by atoms with Gasteiger partial charge in [-0.1, -0.05) is 37.7 Å². The van der Waals surface area contributed by atoms with Crippen molar-refractivity contribution < 1.29 is 0 Å². The zero-order chi connectivity index (χ0) is 15.1. The Kier molecular flexibility index (Phi) is 6.04. The average Bonchev–Trinajstić information content (AvgIpc) is 2.93. The zero-order valence-electron chi connectivity index (χ0n) is 12.6. The second-order valence-electron chi connectivity index (χ2n) is 4.98. The van der Waals surface area contributed by atoms with Gasteiger partial charge in [0.1, 0.15) is 5.54 Å². The maximum Gasteiger partial charge on any atom is 0.151 e. The van der Waals surface area contributed by atoms with Crippen LogP contribution in [0.2, 0.25) is 0 Å². The molecule has 0 aliphatic rings. The molecule has 1 aromatic heterocycles. The van der Waals surface area contributed by atoms with Gasteiger partial charge in [0.2, 0.25) is 0 Å². The second kappa shape index (κ2) is 7.79. The van der Waals surface area contributed by atoms with Crippen LogP contribution in [0.3, 0.4) is 0 Å². The topological polar surface area (TPSA) is 48.7 Å². The van der Waals surface area contributed by atoms with Crippen LogP contribution in [0.25, 0.3) is 10.2 Å². The first-order valence-corrected chi connectivity index (χ1v) is 9.18. The van der Waals surface area contributed by atoms with E-state index >= 15 is 0 Å². The Hall–Kier alpha value is -1.09. The van der Waals surface area contributed by atoms with E-state index in [2.05, 4.69) is 42.4 Å². The highest BCUT2D eigenvalue weighted by atomic mass is 32.2. The van der Waals surface area contributed by atoms with E-state index in [0.717, 1.165) is 41.4 Å². The van der Waals surface area contributed by atoms with Crippen LogP contribution in [0.1, 0.15) is 33.1 Å². The molecule has 0 saturated heterocycles. The van der Waals surface area contributed by atoms with E-state index < -0.39 is 0 Å². The zero-order valence-corrected chi connectivity index (χ0v) is 14.2. The van der Waals surface area contributed by atoms with Gasteiger partial charge in [-0.15, -0.1) is 11.3 Å². The quantitative estimate of drug-likeness (QED) is 0.577. The van der Waals surface area contributed by atoms with E-state index in [-0.39, 0.29) is 5.54 Å². The van der Waals surface area contributed by atoms with Crippen LogP contribution < -0.4 is 5.32 Å². The lowest BCUT2D eigenvalue weighted by molar-refractivity contribution is 0.379. The molecule has 0 saturated carbocycles. The van der Waals surface area contributed by atoms with Crippen molar-refractivity contribution in [2.45, 2.75) is 43.0 Å². The van der Waals surface area contributed by atoms with Gasteiger partial charge in [0.15, 0.2) is 4.34 Å². The van der Waals surface area contributed by atoms with Crippen LogP contribution in [-0.2, 0) is 0 Å². The number of rotatable bonds is 8. The van der Waals surface area contributed by atoms with Gasteiger partial charge in [-0.05, 0) is 37.9 Å². The Labute approximate surface area is 134 Å². The summed E-state index contributed by atoms with van der Waals surface area (Å²) in [6.07, 6.45) is 2.77. The molecule has 0 spiro atoms. The molecule has 1 heterocycles. The molecular formula is C16H21N3S2. The molecule has 0 radical (unpaired) electrons. The molecule has 1 aromatic carbocycles. The Bertz CT molecular complexity index is 584. The van der Waals surface area contributed by atoms with Crippen LogP contribution in [0, 0.1) is 11.3 Å². The lowest BCUT2D eigenvalue weighted by Gasteiger charge is -2.25. The third-order valence-corrected chi connectivity index (χ3v) is 5.85. The second-order valence-corrected chi connectivity index (χ2v) is 7.35. The van der Waals surface area contributed by atoms with Crippen molar-refractivity contribution in [1.29, 1.82) is 5.26 Å². The molecule has 1 atom stereocenters. The molecule has 0 aliphatic carbocycles. The number of nitriles is 1. The third-order valence-electron chi connectivity index (χ3n) is 3.58. The highest BCUT2D eigenvalue weighted by Crippen LogP contribution is 2.30. The van der Waals surface area contributed by atoms with Gasteiger partial charge in [0, 0.05) is 5.75 Å². The Morgan fingerprint density at radius 1 is 1.38 bits per heavy atom. The normalized spacial score (nSPS) is 14.0. The highest BCUT2D eigenvalue weighted by Gasteiger charge is 2.25. The van der Waals surface area contributed by atoms with Crippen LogP contribution in [0.15, 0.2) is 28.6 Å². The van der Waals surface area contributed by atoms with E-state index in [1.54, 1.807) is 23.1 Å². The molecule has 112 valence electrons. The first-order chi connectivity index (χ1) is 10.2. The molecule has 0 amide bonds. The van der Waals surface area contributed by atoms with Crippen LogP contribution in [-0.4, -0.2) is 22.8 Å². The number of fused-ring (bicyclic) bond motifs is 1. The highest BCUT2D eigenvalue weighted by molar-refractivity contribution is 8.01. The van der Waals surface area contributed by atoms with Gasteiger partial charge in [-0.3, -0.25) is 5.32 Å². The molecule has 0 bridgehead atoms. The summed E-state index contributed by atoms with van der Waals surface area (Å²) in [5.74, 6) is 1.01. The van der Waals surface area contributed by atoms with Gasteiger partial charge >= 0.3 is 0 Å². The number of benzene rings is 1. The number of nitrogens with zero attached hydrogens (tertiary/aromatic N) is 2. The number of aromatic nitrogens is 1. The summed E-state index contributed by atoms with van der Waals surface area (Å²) in [5, 5.41) is 12.7. The fourth-order valence-electron chi connectivity index (χ4n) is 2.35. The summed E-state index contributed by atoms with van der Waals surface area (Å²) in [4.78, 5) is 4.62. The van der Waals surface area contributed by atoms with Crippen molar-refractivity contribution in [3.05, 3.63) is 24.3 Å². The van der Waals surface area contributed by atoms with Crippen LogP contribution in [0.4, 0.5) is 0 Å². The summed E-state index contributed by atoms with van der Waals surface area (Å²) < 4.78 is 2.37. The predicted molar refractivity (Wildman–Crippen MR) is 91.9 cm³/mol. The fourth-order valence-corrected chi connectivity index (χ4v) is 4.43. The molecule has 21 heavy (non-hydrogen) atoms. The number of nitrogens with one attached hydrogen (secondary N) is 1. The van der Waals surface area contributed by atoms with E-state index in [4.69, 9.17) is 0 Å². The molecule has 2 rings (SSSR count). The standard InChI is InChI=1S/C16H21N3S2/c1-3-16(12-17,18-4-2)10-7-11-20-15-19-13-8-5-6-9-14(13)21-15/h5-6,8-9,18H,3-4,7,10-11H2,1-2H3. The largest absolute Gasteiger partial charge is 0.300 e. The number of thioether (sulfide) groups is 1. The minimum atomic E-state index is -0.358. The molecule has 5 heteroatoms. The van der Waals surface area contributed by atoms with Crippen LogP contribution >= 0.6 is 23.1 Å². The van der Waals surface area contributed by atoms with Gasteiger partial charge < -0.3 is 0 Å². The van der Waals surface area contributed by atoms with E-state index in [1.807, 2.05) is 12.1 Å². The van der Waals surface area contributed by atoms with Gasteiger partial charge in [-0.2, -0.15) is 5.26 Å². The van der Waals surface area contributed by atoms with Crippen molar-refractivity contribution in [2.24, 2.45) is 0 Å². The van der Waals surface area contributed by atoms with Crippen molar-refractivity contribution in [1.82, 2.24) is 10.3 Å². The SMILES string of the molecule is CCNC(C#N)(CC)CCCSc1nc2ccccc2s1. The molecule has 0 aliphatic heterocycles. The Morgan fingerprint density at radius 2 is 2.19 bits per heavy atom. The van der Waals surface area contributed by atoms with E-state index in [9.17, 15) is 5.26 Å². The predicted octanol–water partition coefficient (Wildman–Crippen LogP) is 4.45. The van der Waals surface area contributed by atoms with Crippen molar-refractivity contribution in [3.8, 4) is 6.07 Å². The number of hydrogen-bond donors (Lipinski definition) is 1. The first-order valence-electron chi connectivity index (χ1n) is 7.37. The fraction of sp³-hybridized carbons (Fsp3) is 0.500. The summed E-state index contributed by atoms with van der Waals surface area (Å²) >= 11 is 3.54. The number of thiazole rings is 1. The summed E-state index contributed by atoms with van der Waals surface area (Å²) in [6, 6.07) is 10.7. The maximum absolute atomic E-state index is 9.39. The minimum absolute atomic E-state index is 0.358.